The van der Waals surface area contributed by atoms with Gasteiger partial charge in [-0.05, 0) is 75.2 Å². The summed E-state index contributed by atoms with van der Waals surface area (Å²) in [5, 5.41) is 4.26. The summed E-state index contributed by atoms with van der Waals surface area (Å²) in [7, 11) is 0. The standard InChI is InChI=1S/C21H34ClNO/c22-21-11-9-19(10-12-21)7-3-1-5-17-24-18-6-2-4-8-20-13-15-23-16-14-20/h9-12,20,23H,1-8,13-18H2. The van der Waals surface area contributed by atoms with Gasteiger partial charge in [-0.15, -0.1) is 0 Å². The number of hydrogen-bond acceptors (Lipinski definition) is 2. The summed E-state index contributed by atoms with van der Waals surface area (Å²) in [5.41, 5.74) is 1.38. The Morgan fingerprint density at radius 2 is 1.54 bits per heavy atom. The van der Waals surface area contributed by atoms with Gasteiger partial charge in [0.1, 0.15) is 0 Å². The van der Waals surface area contributed by atoms with E-state index in [2.05, 4.69) is 17.4 Å². The lowest BCUT2D eigenvalue weighted by molar-refractivity contribution is 0.125. The fourth-order valence-electron chi connectivity index (χ4n) is 3.45. The first-order valence-corrected chi connectivity index (χ1v) is 10.3. The molecule has 0 atom stereocenters. The zero-order valence-electron chi connectivity index (χ0n) is 15.1. The number of aryl methyl sites for hydroxylation is 1. The Balaban J connectivity index is 1.32. The number of unbranched alkanes of at least 4 members (excludes halogenated alkanes) is 4. The maximum atomic E-state index is 5.90. The van der Waals surface area contributed by atoms with E-state index in [0.717, 1.165) is 30.6 Å². The lowest BCUT2D eigenvalue weighted by atomic mass is 9.92. The molecule has 3 heteroatoms. The first-order chi connectivity index (χ1) is 11.8. The Bertz CT molecular complexity index is 414. The number of piperidine rings is 1. The largest absolute Gasteiger partial charge is 0.381 e. The van der Waals surface area contributed by atoms with Crippen LogP contribution in [0.5, 0.6) is 0 Å². The highest BCUT2D eigenvalue weighted by molar-refractivity contribution is 6.30. The molecule has 1 aromatic carbocycles. The molecule has 1 fully saturated rings. The lowest BCUT2D eigenvalue weighted by Crippen LogP contribution is -2.27. The lowest BCUT2D eigenvalue weighted by Gasteiger charge is -2.22. The van der Waals surface area contributed by atoms with Crippen molar-refractivity contribution in [3.05, 3.63) is 34.9 Å². The van der Waals surface area contributed by atoms with Crippen LogP contribution in [0.4, 0.5) is 0 Å². The van der Waals surface area contributed by atoms with E-state index in [1.807, 2.05) is 12.1 Å². The van der Waals surface area contributed by atoms with Crippen LogP contribution in [0.3, 0.4) is 0 Å². The van der Waals surface area contributed by atoms with Gasteiger partial charge >= 0.3 is 0 Å². The van der Waals surface area contributed by atoms with Crippen LogP contribution in [0.15, 0.2) is 24.3 Å². The summed E-state index contributed by atoms with van der Waals surface area (Å²) >= 11 is 5.90. The van der Waals surface area contributed by atoms with E-state index in [0.29, 0.717) is 0 Å². The average Bonchev–Trinajstić information content (AvgIpc) is 2.62. The molecule has 0 amide bonds. The number of halogens is 1. The molecule has 1 aromatic rings. The molecule has 1 heterocycles. The molecule has 2 rings (SSSR count). The van der Waals surface area contributed by atoms with Crippen LogP contribution in [0.2, 0.25) is 5.02 Å². The number of nitrogens with one attached hydrogen (secondary N) is 1. The molecule has 0 bridgehead atoms. The predicted octanol–water partition coefficient (Wildman–Crippen LogP) is 5.63. The van der Waals surface area contributed by atoms with Gasteiger partial charge in [0.25, 0.3) is 0 Å². The van der Waals surface area contributed by atoms with Crippen molar-refractivity contribution in [3.8, 4) is 0 Å². The van der Waals surface area contributed by atoms with Crippen molar-refractivity contribution in [2.75, 3.05) is 26.3 Å². The third-order valence-corrected chi connectivity index (χ3v) is 5.28. The van der Waals surface area contributed by atoms with E-state index >= 15 is 0 Å². The molecule has 0 saturated carbocycles. The van der Waals surface area contributed by atoms with Gasteiger partial charge < -0.3 is 10.1 Å². The molecule has 2 nitrogen and oxygen atoms in total. The summed E-state index contributed by atoms with van der Waals surface area (Å²) in [6, 6.07) is 8.21. The molecule has 0 radical (unpaired) electrons. The Labute approximate surface area is 153 Å². The van der Waals surface area contributed by atoms with Crippen molar-refractivity contribution in [2.45, 2.75) is 64.2 Å². The number of rotatable bonds is 12. The fourth-order valence-corrected chi connectivity index (χ4v) is 3.57. The summed E-state index contributed by atoms with van der Waals surface area (Å²) in [6.45, 7) is 4.33. The minimum absolute atomic E-state index is 0.822. The van der Waals surface area contributed by atoms with Crippen LogP contribution in [-0.2, 0) is 11.2 Å². The normalized spacial score (nSPS) is 15.7. The van der Waals surface area contributed by atoms with Gasteiger partial charge in [0.15, 0.2) is 0 Å². The average molecular weight is 352 g/mol. The molecule has 24 heavy (non-hydrogen) atoms. The molecule has 1 N–H and O–H groups in total. The minimum Gasteiger partial charge on any atom is -0.381 e. The molecule has 1 aliphatic heterocycles. The van der Waals surface area contributed by atoms with Crippen molar-refractivity contribution < 1.29 is 4.74 Å². The molecular formula is C21H34ClNO. The van der Waals surface area contributed by atoms with Gasteiger partial charge in [-0.25, -0.2) is 0 Å². The van der Waals surface area contributed by atoms with Gasteiger partial charge in [-0.1, -0.05) is 49.4 Å². The van der Waals surface area contributed by atoms with Crippen LogP contribution in [0.25, 0.3) is 0 Å². The molecule has 1 saturated heterocycles. The number of hydrogen-bond donors (Lipinski definition) is 1. The first kappa shape index (κ1) is 19.8. The van der Waals surface area contributed by atoms with E-state index in [-0.39, 0.29) is 0 Å². The smallest absolute Gasteiger partial charge is 0.0466 e. The van der Waals surface area contributed by atoms with Gasteiger partial charge in [0, 0.05) is 18.2 Å². The van der Waals surface area contributed by atoms with E-state index in [4.69, 9.17) is 16.3 Å². The van der Waals surface area contributed by atoms with Gasteiger partial charge in [-0.3, -0.25) is 0 Å². The van der Waals surface area contributed by atoms with Crippen molar-refractivity contribution in [3.63, 3.8) is 0 Å². The highest BCUT2D eigenvalue weighted by Gasteiger charge is 2.11. The first-order valence-electron chi connectivity index (χ1n) is 9.87. The predicted molar refractivity (Wildman–Crippen MR) is 104 cm³/mol. The SMILES string of the molecule is Clc1ccc(CCCCCOCCCCCC2CCNCC2)cc1. The molecule has 1 aliphatic rings. The number of benzene rings is 1. The second-order valence-electron chi connectivity index (χ2n) is 7.09. The third-order valence-electron chi connectivity index (χ3n) is 5.03. The van der Waals surface area contributed by atoms with Crippen LogP contribution < -0.4 is 5.32 Å². The number of ether oxygens (including phenoxy) is 1. The van der Waals surface area contributed by atoms with Crippen molar-refractivity contribution in [1.29, 1.82) is 0 Å². The summed E-state index contributed by atoms with van der Waals surface area (Å²) < 4.78 is 5.77. The quantitative estimate of drug-likeness (QED) is 0.493. The minimum atomic E-state index is 0.822. The van der Waals surface area contributed by atoms with Crippen LogP contribution in [0.1, 0.15) is 63.4 Å². The molecule has 0 spiro atoms. The van der Waals surface area contributed by atoms with Gasteiger partial charge in [-0.2, -0.15) is 0 Å². The fraction of sp³-hybridized carbons (Fsp3) is 0.714. The maximum absolute atomic E-state index is 5.90. The van der Waals surface area contributed by atoms with E-state index in [9.17, 15) is 0 Å². The van der Waals surface area contributed by atoms with Crippen LogP contribution in [-0.4, -0.2) is 26.3 Å². The highest BCUT2D eigenvalue weighted by atomic mass is 35.5. The van der Waals surface area contributed by atoms with Gasteiger partial charge in [0.2, 0.25) is 0 Å². The zero-order valence-corrected chi connectivity index (χ0v) is 15.8. The second-order valence-corrected chi connectivity index (χ2v) is 7.53. The van der Waals surface area contributed by atoms with Crippen molar-refractivity contribution >= 4 is 11.6 Å². The Hall–Kier alpha value is -0.570. The molecular weight excluding hydrogens is 318 g/mol. The molecule has 0 unspecified atom stereocenters. The molecule has 0 aromatic heterocycles. The van der Waals surface area contributed by atoms with E-state index < -0.39 is 0 Å². The van der Waals surface area contributed by atoms with Crippen molar-refractivity contribution in [1.82, 2.24) is 5.32 Å². The van der Waals surface area contributed by atoms with Crippen molar-refractivity contribution in [2.24, 2.45) is 5.92 Å². The topological polar surface area (TPSA) is 21.3 Å². The van der Waals surface area contributed by atoms with Crippen LogP contribution >= 0.6 is 11.6 Å². The van der Waals surface area contributed by atoms with E-state index in [1.165, 1.54) is 76.4 Å². The Kier molecular flexibility index (Phi) is 10.5. The summed E-state index contributed by atoms with van der Waals surface area (Å²) in [6.07, 6.45) is 13.0. The highest BCUT2D eigenvalue weighted by Crippen LogP contribution is 2.19. The Morgan fingerprint density at radius 3 is 2.25 bits per heavy atom. The van der Waals surface area contributed by atoms with E-state index in [1.54, 1.807) is 0 Å². The Morgan fingerprint density at radius 1 is 0.875 bits per heavy atom. The molecule has 136 valence electrons. The molecule has 0 aliphatic carbocycles. The summed E-state index contributed by atoms with van der Waals surface area (Å²) in [4.78, 5) is 0. The maximum Gasteiger partial charge on any atom is 0.0466 e. The second kappa shape index (κ2) is 12.7. The third kappa shape index (κ3) is 9.05. The monoisotopic (exact) mass is 351 g/mol. The van der Waals surface area contributed by atoms with Gasteiger partial charge in [0.05, 0.1) is 0 Å². The zero-order chi connectivity index (χ0) is 16.9. The van der Waals surface area contributed by atoms with Crippen LogP contribution in [0, 0.1) is 5.92 Å². The summed E-state index contributed by atoms with van der Waals surface area (Å²) in [5.74, 6) is 0.979.